The first kappa shape index (κ1) is 16.0. The standard InChI is InChI=1S/C18H22N6/c1-19-18(20-12-7-10-15-8-3-2-4-9-15)21-14-17-23-22-16-11-5-6-13-24(16)17/h2-6,8-9,11,13H,7,10,12,14H2,1H3,(H2,19,20,21). The van der Waals surface area contributed by atoms with Gasteiger partial charge in [0.1, 0.15) is 0 Å². The summed E-state index contributed by atoms with van der Waals surface area (Å²) in [5.74, 6) is 1.63. The zero-order valence-corrected chi connectivity index (χ0v) is 13.8. The number of aliphatic imine (C=N–C) groups is 1. The predicted octanol–water partition coefficient (Wildman–Crippen LogP) is 2.03. The fourth-order valence-electron chi connectivity index (χ4n) is 2.54. The van der Waals surface area contributed by atoms with Crippen LogP contribution in [0.1, 0.15) is 17.8 Å². The van der Waals surface area contributed by atoms with Gasteiger partial charge in [-0.3, -0.25) is 9.39 Å². The maximum atomic E-state index is 4.25. The molecule has 0 saturated heterocycles. The minimum atomic E-state index is 0.573. The highest BCUT2D eigenvalue weighted by molar-refractivity contribution is 5.79. The lowest BCUT2D eigenvalue weighted by Gasteiger charge is -2.11. The van der Waals surface area contributed by atoms with Crippen molar-refractivity contribution in [3.05, 3.63) is 66.1 Å². The summed E-state index contributed by atoms with van der Waals surface area (Å²) in [7, 11) is 1.77. The lowest BCUT2D eigenvalue weighted by molar-refractivity contribution is 0.727. The van der Waals surface area contributed by atoms with Gasteiger partial charge in [0, 0.05) is 19.8 Å². The summed E-state index contributed by atoms with van der Waals surface area (Å²) in [6.07, 6.45) is 4.07. The zero-order chi connectivity index (χ0) is 16.6. The number of hydrogen-bond donors (Lipinski definition) is 2. The molecule has 6 heteroatoms. The maximum absolute atomic E-state index is 4.25. The van der Waals surface area contributed by atoms with E-state index in [1.54, 1.807) is 7.05 Å². The third-order valence-corrected chi connectivity index (χ3v) is 3.80. The SMILES string of the molecule is CN=C(NCCCc1ccccc1)NCc1nnc2ccccn12. The van der Waals surface area contributed by atoms with E-state index in [0.29, 0.717) is 6.54 Å². The van der Waals surface area contributed by atoms with Gasteiger partial charge in [-0.25, -0.2) is 0 Å². The Bertz CT molecular complexity index is 793. The lowest BCUT2D eigenvalue weighted by atomic mass is 10.1. The number of nitrogens with one attached hydrogen (secondary N) is 2. The highest BCUT2D eigenvalue weighted by atomic mass is 15.3. The monoisotopic (exact) mass is 322 g/mol. The number of rotatable bonds is 6. The molecule has 24 heavy (non-hydrogen) atoms. The lowest BCUT2D eigenvalue weighted by Crippen LogP contribution is -2.37. The fraction of sp³-hybridized carbons (Fsp3) is 0.278. The van der Waals surface area contributed by atoms with E-state index in [4.69, 9.17) is 0 Å². The molecule has 0 unspecified atom stereocenters. The minimum absolute atomic E-state index is 0.573. The number of guanidine groups is 1. The Balaban J connectivity index is 1.45. The summed E-state index contributed by atoms with van der Waals surface area (Å²) in [5.41, 5.74) is 2.21. The van der Waals surface area contributed by atoms with Crippen molar-refractivity contribution < 1.29 is 0 Å². The molecule has 2 aromatic heterocycles. The fourth-order valence-corrected chi connectivity index (χ4v) is 2.54. The smallest absolute Gasteiger partial charge is 0.191 e. The van der Waals surface area contributed by atoms with Crippen molar-refractivity contribution in [3.63, 3.8) is 0 Å². The van der Waals surface area contributed by atoms with E-state index >= 15 is 0 Å². The molecule has 3 rings (SSSR count). The van der Waals surface area contributed by atoms with Crippen LogP contribution < -0.4 is 10.6 Å². The molecule has 2 heterocycles. The molecule has 2 N–H and O–H groups in total. The molecule has 0 aliphatic heterocycles. The third-order valence-electron chi connectivity index (χ3n) is 3.80. The first-order valence-corrected chi connectivity index (χ1v) is 8.14. The van der Waals surface area contributed by atoms with E-state index in [1.807, 2.05) is 34.9 Å². The molecule has 0 amide bonds. The van der Waals surface area contributed by atoms with Crippen molar-refractivity contribution in [1.29, 1.82) is 0 Å². The number of fused-ring (bicyclic) bond motifs is 1. The molecule has 1 aromatic carbocycles. The second-order valence-electron chi connectivity index (χ2n) is 5.49. The van der Waals surface area contributed by atoms with Crippen molar-refractivity contribution in [1.82, 2.24) is 25.2 Å². The summed E-state index contributed by atoms with van der Waals surface area (Å²) >= 11 is 0. The van der Waals surface area contributed by atoms with Crippen LogP contribution in [0.5, 0.6) is 0 Å². The molecule has 0 spiro atoms. The van der Waals surface area contributed by atoms with Crippen LogP contribution >= 0.6 is 0 Å². The van der Waals surface area contributed by atoms with Gasteiger partial charge in [0.05, 0.1) is 6.54 Å². The van der Waals surface area contributed by atoms with Crippen molar-refractivity contribution in [3.8, 4) is 0 Å². The van der Waals surface area contributed by atoms with Crippen LogP contribution in [-0.4, -0.2) is 34.2 Å². The Kier molecular flexibility index (Phi) is 5.40. The minimum Gasteiger partial charge on any atom is -0.356 e. The molecule has 0 fully saturated rings. The third kappa shape index (κ3) is 4.10. The molecule has 0 atom stereocenters. The quantitative estimate of drug-likeness (QED) is 0.414. The average Bonchev–Trinajstić information content (AvgIpc) is 3.05. The van der Waals surface area contributed by atoms with Crippen LogP contribution in [0, 0.1) is 0 Å². The van der Waals surface area contributed by atoms with Gasteiger partial charge in [-0.1, -0.05) is 36.4 Å². The van der Waals surface area contributed by atoms with Crippen LogP contribution in [0.2, 0.25) is 0 Å². The van der Waals surface area contributed by atoms with E-state index < -0.39 is 0 Å². The van der Waals surface area contributed by atoms with Crippen LogP contribution in [0.4, 0.5) is 0 Å². The molecule has 0 radical (unpaired) electrons. The van der Waals surface area contributed by atoms with E-state index in [9.17, 15) is 0 Å². The van der Waals surface area contributed by atoms with Crippen LogP contribution in [0.15, 0.2) is 59.7 Å². The van der Waals surface area contributed by atoms with E-state index in [0.717, 1.165) is 36.8 Å². The molecule has 124 valence electrons. The summed E-state index contributed by atoms with van der Waals surface area (Å²) in [4.78, 5) is 4.25. The van der Waals surface area contributed by atoms with Gasteiger partial charge in [0.15, 0.2) is 17.4 Å². The molecule has 6 nitrogen and oxygen atoms in total. The van der Waals surface area contributed by atoms with Gasteiger partial charge >= 0.3 is 0 Å². The van der Waals surface area contributed by atoms with E-state index in [2.05, 4.69) is 50.1 Å². The molecule has 0 aliphatic rings. The topological polar surface area (TPSA) is 66.6 Å². The molecule has 0 bridgehead atoms. The van der Waals surface area contributed by atoms with Crippen LogP contribution in [0.3, 0.4) is 0 Å². The summed E-state index contributed by atoms with van der Waals surface area (Å²) in [6, 6.07) is 16.4. The highest BCUT2D eigenvalue weighted by Crippen LogP contribution is 2.03. The first-order chi connectivity index (χ1) is 11.9. The van der Waals surface area contributed by atoms with Gasteiger partial charge in [0.25, 0.3) is 0 Å². The first-order valence-electron chi connectivity index (χ1n) is 8.14. The average molecular weight is 322 g/mol. The zero-order valence-electron chi connectivity index (χ0n) is 13.8. The number of nitrogens with zero attached hydrogens (tertiary/aromatic N) is 4. The normalized spacial score (nSPS) is 11.6. The van der Waals surface area contributed by atoms with Crippen molar-refractivity contribution in [2.45, 2.75) is 19.4 Å². The number of pyridine rings is 1. The number of benzene rings is 1. The molecule has 3 aromatic rings. The Morgan fingerprint density at radius 1 is 1.04 bits per heavy atom. The predicted molar refractivity (Wildman–Crippen MR) is 96.0 cm³/mol. The Morgan fingerprint density at radius 3 is 2.71 bits per heavy atom. The second-order valence-corrected chi connectivity index (χ2v) is 5.49. The van der Waals surface area contributed by atoms with E-state index in [1.165, 1.54) is 5.56 Å². The van der Waals surface area contributed by atoms with Gasteiger partial charge < -0.3 is 10.6 Å². The van der Waals surface area contributed by atoms with Crippen molar-refractivity contribution >= 4 is 11.6 Å². The van der Waals surface area contributed by atoms with Crippen LogP contribution in [-0.2, 0) is 13.0 Å². The molecule has 0 saturated carbocycles. The summed E-state index contributed by atoms with van der Waals surface area (Å²) < 4.78 is 1.97. The van der Waals surface area contributed by atoms with Gasteiger partial charge in [-0.15, -0.1) is 10.2 Å². The van der Waals surface area contributed by atoms with Crippen molar-refractivity contribution in [2.75, 3.05) is 13.6 Å². The Morgan fingerprint density at radius 2 is 1.88 bits per heavy atom. The maximum Gasteiger partial charge on any atom is 0.191 e. The summed E-state index contributed by atoms with van der Waals surface area (Å²) in [6.45, 7) is 1.44. The second kappa shape index (κ2) is 8.10. The van der Waals surface area contributed by atoms with Gasteiger partial charge in [-0.05, 0) is 30.5 Å². The molecular formula is C18H22N6. The van der Waals surface area contributed by atoms with Gasteiger partial charge in [0.2, 0.25) is 0 Å². The van der Waals surface area contributed by atoms with Crippen LogP contribution in [0.25, 0.3) is 5.65 Å². The molecule has 0 aliphatic carbocycles. The largest absolute Gasteiger partial charge is 0.356 e. The summed E-state index contributed by atoms with van der Waals surface area (Å²) in [5, 5.41) is 15.0. The number of hydrogen-bond acceptors (Lipinski definition) is 3. The number of aryl methyl sites for hydroxylation is 1. The highest BCUT2D eigenvalue weighted by Gasteiger charge is 2.05. The molecular weight excluding hydrogens is 300 g/mol. The number of aromatic nitrogens is 3. The van der Waals surface area contributed by atoms with Crippen molar-refractivity contribution in [2.24, 2.45) is 4.99 Å². The Labute approximate surface area is 141 Å². The van der Waals surface area contributed by atoms with Gasteiger partial charge in [-0.2, -0.15) is 0 Å². The Hall–Kier alpha value is -2.89. The van der Waals surface area contributed by atoms with E-state index in [-0.39, 0.29) is 0 Å².